The second kappa shape index (κ2) is 6.00. The van der Waals surface area contributed by atoms with Crippen LogP contribution >= 0.6 is 0 Å². The second-order valence-electron chi connectivity index (χ2n) is 8.73. The van der Waals surface area contributed by atoms with Crippen LogP contribution in [0, 0.1) is 47.3 Å². The first-order chi connectivity index (χ1) is 12.6. The molecule has 1 aromatic carbocycles. The van der Waals surface area contributed by atoms with E-state index in [0.29, 0.717) is 23.5 Å². The second-order valence-corrected chi connectivity index (χ2v) is 8.73. The maximum absolute atomic E-state index is 11.6. The summed E-state index contributed by atoms with van der Waals surface area (Å²) in [7, 11) is 0. The lowest BCUT2D eigenvalue weighted by Crippen LogP contribution is -2.50. The zero-order chi connectivity index (χ0) is 17.8. The quantitative estimate of drug-likeness (QED) is 0.779. The molecule has 0 radical (unpaired) electrons. The molecule has 4 aliphatic carbocycles. The molecule has 0 unspecified atom stereocenters. The third-order valence-corrected chi connectivity index (χ3v) is 7.67. The SMILES string of the molecule is O=C(O)[C@H]1C=C[C@H]2C[C@@H]3[C@@H](CCCc4ccc(O)cc4)[C@@H]4C=C[C@H]1[C@H]2[C@@H]43. The highest BCUT2D eigenvalue weighted by Gasteiger charge is 2.62. The summed E-state index contributed by atoms with van der Waals surface area (Å²) in [6.07, 6.45) is 13.6. The molecule has 0 amide bonds. The van der Waals surface area contributed by atoms with E-state index in [9.17, 15) is 15.0 Å². The van der Waals surface area contributed by atoms with Crippen LogP contribution in [0.3, 0.4) is 0 Å². The predicted molar refractivity (Wildman–Crippen MR) is 99.5 cm³/mol. The molecular formula is C23H26O3. The molecule has 2 N–H and O–H groups in total. The Morgan fingerprint density at radius 1 is 1.00 bits per heavy atom. The number of carbonyl (C=O) groups is 1. The lowest BCUT2D eigenvalue weighted by atomic mass is 9.50. The van der Waals surface area contributed by atoms with Gasteiger partial charge in [-0.05, 0) is 84.8 Å². The molecule has 0 aromatic heterocycles. The molecule has 0 spiro atoms. The number of carboxylic acids is 1. The first kappa shape index (κ1) is 16.2. The molecule has 5 rings (SSSR count). The van der Waals surface area contributed by atoms with Gasteiger partial charge in [0.25, 0.3) is 0 Å². The van der Waals surface area contributed by atoms with E-state index in [1.807, 2.05) is 18.2 Å². The van der Waals surface area contributed by atoms with Gasteiger partial charge in [0.05, 0.1) is 5.92 Å². The van der Waals surface area contributed by atoms with E-state index in [-0.39, 0.29) is 11.8 Å². The zero-order valence-corrected chi connectivity index (χ0v) is 14.9. The summed E-state index contributed by atoms with van der Waals surface area (Å²) in [5, 5.41) is 18.9. The minimum atomic E-state index is -0.666. The smallest absolute Gasteiger partial charge is 0.310 e. The van der Waals surface area contributed by atoms with Gasteiger partial charge in [0.1, 0.15) is 5.75 Å². The average Bonchev–Trinajstić information content (AvgIpc) is 2.98. The van der Waals surface area contributed by atoms with Crippen LogP contribution in [0.1, 0.15) is 24.8 Å². The van der Waals surface area contributed by atoms with Crippen molar-refractivity contribution in [3.8, 4) is 5.75 Å². The van der Waals surface area contributed by atoms with Crippen LogP contribution < -0.4 is 0 Å². The molecule has 0 aliphatic heterocycles. The Morgan fingerprint density at radius 2 is 1.77 bits per heavy atom. The van der Waals surface area contributed by atoms with E-state index in [0.717, 1.165) is 24.2 Å². The number of hydrogen-bond donors (Lipinski definition) is 2. The van der Waals surface area contributed by atoms with E-state index in [4.69, 9.17) is 0 Å². The van der Waals surface area contributed by atoms with Crippen LogP contribution in [0.15, 0.2) is 48.6 Å². The topological polar surface area (TPSA) is 57.5 Å². The molecule has 136 valence electrons. The molecule has 2 fully saturated rings. The number of allylic oxidation sites excluding steroid dienone is 3. The number of benzene rings is 1. The molecule has 1 aromatic rings. The van der Waals surface area contributed by atoms with Gasteiger partial charge in [0.15, 0.2) is 0 Å². The lowest BCUT2D eigenvalue weighted by Gasteiger charge is -2.54. The van der Waals surface area contributed by atoms with Gasteiger partial charge in [-0.3, -0.25) is 4.79 Å². The molecule has 0 heterocycles. The van der Waals surface area contributed by atoms with Crippen LogP contribution in [0.25, 0.3) is 0 Å². The zero-order valence-electron chi connectivity index (χ0n) is 14.9. The Balaban J connectivity index is 1.27. The van der Waals surface area contributed by atoms with Gasteiger partial charge < -0.3 is 10.2 Å². The third kappa shape index (κ3) is 2.36. The molecule has 8 atom stereocenters. The Morgan fingerprint density at radius 3 is 2.54 bits per heavy atom. The minimum absolute atomic E-state index is 0.215. The molecule has 0 bridgehead atoms. The summed E-state index contributed by atoms with van der Waals surface area (Å²) in [4.78, 5) is 11.6. The van der Waals surface area contributed by atoms with Crippen molar-refractivity contribution < 1.29 is 15.0 Å². The van der Waals surface area contributed by atoms with E-state index in [1.54, 1.807) is 12.1 Å². The van der Waals surface area contributed by atoms with Crippen molar-refractivity contribution in [1.29, 1.82) is 0 Å². The number of phenols is 1. The van der Waals surface area contributed by atoms with Crippen molar-refractivity contribution >= 4 is 5.97 Å². The fourth-order valence-electron chi connectivity index (χ4n) is 6.64. The standard InChI is InChI=1S/C23H26O3/c24-15-7-4-13(5-8-15)2-1-3-16-17-10-11-18-19(23(25)26)9-6-14-12-20(16)22(17)21(14)18/h4-11,14,16-22,24H,1-3,12H2,(H,25,26)/t14-,16-,17-,18+,19-,20+,21-,22-/m0/s1. The maximum atomic E-state index is 11.6. The monoisotopic (exact) mass is 350 g/mol. The summed E-state index contributed by atoms with van der Waals surface area (Å²) >= 11 is 0. The first-order valence-electron chi connectivity index (χ1n) is 10.0. The van der Waals surface area contributed by atoms with Crippen molar-refractivity contribution in [3.63, 3.8) is 0 Å². The van der Waals surface area contributed by atoms with Gasteiger partial charge in [-0.25, -0.2) is 0 Å². The van der Waals surface area contributed by atoms with Gasteiger partial charge in [0, 0.05) is 0 Å². The molecule has 3 nitrogen and oxygen atoms in total. The van der Waals surface area contributed by atoms with Gasteiger partial charge in [-0.15, -0.1) is 0 Å². The number of rotatable bonds is 5. The number of carboxylic acid groups (broad SMARTS) is 1. The van der Waals surface area contributed by atoms with Gasteiger partial charge in [-0.2, -0.15) is 0 Å². The Bertz CT molecular complexity index is 762. The number of hydrogen-bond acceptors (Lipinski definition) is 2. The van der Waals surface area contributed by atoms with E-state index >= 15 is 0 Å². The summed E-state index contributed by atoms with van der Waals surface area (Å²) in [5.74, 6) is 3.69. The number of aliphatic carboxylic acids is 1. The number of phenolic OH excluding ortho intramolecular Hbond substituents is 1. The minimum Gasteiger partial charge on any atom is -0.508 e. The molecule has 3 heteroatoms. The Kier molecular flexibility index (Phi) is 3.73. The summed E-state index contributed by atoms with van der Waals surface area (Å²) < 4.78 is 0. The van der Waals surface area contributed by atoms with Crippen LogP contribution in [-0.4, -0.2) is 16.2 Å². The van der Waals surface area contributed by atoms with Crippen molar-refractivity contribution in [2.24, 2.45) is 47.3 Å². The molecule has 2 saturated carbocycles. The molecule has 26 heavy (non-hydrogen) atoms. The highest BCUT2D eigenvalue weighted by atomic mass is 16.4. The largest absolute Gasteiger partial charge is 0.508 e. The van der Waals surface area contributed by atoms with Crippen molar-refractivity contribution in [2.75, 3.05) is 0 Å². The predicted octanol–water partition coefficient (Wildman–Crippen LogP) is 4.29. The number of aromatic hydroxyl groups is 1. The fraction of sp³-hybridized carbons (Fsp3) is 0.522. The Hall–Kier alpha value is -2.03. The molecular weight excluding hydrogens is 324 g/mol. The Labute approximate surface area is 154 Å². The van der Waals surface area contributed by atoms with Gasteiger partial charge in [-0.1, -0.05) is 36.4 Å². The summed E-state index contributed by atoms with van der Waals surface area (Å²) in [6, 6.07) is 7.58. The fourth-order valence-corrected chi connectivity index (χ4v) is 6.64. The van der Waals surface area contributed by atoms with Crippen LogP contribution in [0.5, 0.6) is 5.75 Å². The normalized spacial score (nSPS) is 41.5. The summed E-state index contributed by atoms with van der Waals surface area (Å²) in [6.45, 7) is 0. The van der Waals surface area contributed by atoms with Crippen molar-refractivity contribution in [3.05, 3.63) is 54.1 Å². The first-order valence-corrected chi connectivity index (χ1v) is 10.0. The maximum Gasteiger partial charge on any atom is 0.310 e. The van der Waals surface area contributed by atoms with Crippen LogP contribution in [-0.2, 0) is 11.2 Å². The van der Waals surface area contributed by atoms with Crippen LogP contribution in [0.2, 0.25) is 0 Å². The van der Waals surface area contributed by atoms with E-state index < -0.39 is 5.97 Å². The van der Waals surface area contributed by atoms with Crippen molar-refractivity contribution in [2.45, 2.75) is 25.7 Å². The number of aryl methyl sites for hydroxylation is 1. The lowest BCUT2D eigenvalue weighted by molar-refractivity contribution is -0.143. The van der Waals surface area contributed by atoms with Gasteiger partial charge >= 0.3 is 5.97 Å². The third-order valence-electron chi connectivity index (χ3n) is 7.67. The average molecular weight is 350 g/mol. The van der Waals surface area contributed by atoms with Gasteiger partial charge in [0.2, 0.25) is 0 Å². The van der Waals surface area contributed by atoms with E-state index in [1.165, 1.54) is 24.8 Å². The van der Waals surface area contributed by atoms with Crippen molar-refractivity contribution in [1.82, 2.24) is 0 Å². The highest BCUT2D eigenvalue weighted by Crippen LogP contribution is 2.67. The molecule has 4 aliphatic rings. The highest BCUT2D eigenvalue weighted by molar-refractivity contribution is 5.73. The van der Waals surface area contributed by atoms with Crippen LogP contribution in [0.4, 0.5) is 0 Å². The summed E-state index contributed by atoms with van der Waals surface area (Å²) in [5.41, 5.74) is 1.30. The molecule has 0 saturated heterocycles. The van der Waals surface area contributed by atoms with E-state index in [2.05, 4.69) is 18.2 Å².